The molecule has 8 nitrogen and oxygen atoms in total. The summed E-state index contributed by atoms with van der Waals surface area (Å²) in [7, 11) is -3.40. The van der Waals surface area contributed by atoms with Gasteiger partial charge in [-0.15, -0.1) is 0 Å². The van der Waals surface area contributed by atoms with Gasteiger partial charge in [-0.2, -0.15) is 10.2 Å². The van der Waals surface area contributed by atoms with Gasteiger partial charge in [-0.25, -0.2) is 8.42 Å². The Balaban J connectivity index is 1.94. The molecular weight excluding hydrogens is 330 g/mol. The third-order valence-corrected chi connectivity index (χ3v) is 5.46. The van der Waals surface area contributed by atoms with Gasteiger partial charge in [-0.3, -0.25) is 14.6 Å². The first kappa shape index (κ1) is 16.7. The van der Waals surface area contributed by atoms with Crippen molar-refractivity contribution >= 4 is 15.7 Å². The van der Waals surface area contributed by atoms with Gasteiger partial charge < -0.3 is 4.90 Å². The topological polar surface area (TPSA) is 101 Å². The summed E-state index contributed by atoms with van der Waals surface area (Å²) >= 11 is 0. The number of nitrogens with one attached hydrogen (secondary N) is 1. The molecule has 130 valence electrons. The zero-order chi connectivity index (χ0) is 17.3. The fourth-order valence-electron chi connectivity index (χ4n) is 3.11. The van der Waals surface area contributed by atoms with Crippen molar-refractivity contribution in [1.29, 1.82) is 0 Å². The number of H-pyrrole nitrogens is 1. The molecule has 1 unspecified atom stereocenters. The van der Waals surface area contributed by atoms with Crippen molar-refractivity contribution in [3.63, 3.8) is 0 Å². The Hall–Kier alpha value is -2.16. The van der Waals surface area contributed by atoms with Crippen LogP contribution in [-0.2, 0) is 16.4 Å². The van der Waals surface area contributed by atoms with Crippen LogP contribution in [-0.4, -0.2) is 52.0 Å². The molecule has 0 spiro atoms. The number of hydrogen-bond donors (Lipinski definition) is 1. The maximum absolute atomic E-state index is 12.9. The van der Waals surface area contributed by atoms with Crippen molar-refractivity contribution < 1.29 is 13.2 Å². The van der Waals surface area contributed by atoms with Crippen LogP contribution in [0.4, 0.5) is 0 Å². The summed E-state index contributed by atoms with van der Waals surface area (Å²) < 4.78 is 25.6. The van der Waals surface area contributed by atoms with Gasteiger partial charge in [-0.1, -0.05) is 0 Å². The van der Waals surface area contributed by atoms with Crippen molar-refractivity contribution in [3.05, 3.63) is 29.8 Å². The Bertz CT molecular complexity index is 839. The lowest BCUT2D eigenvalue weighted by molar-refractivity contribution is 0.0602. The molecule has 24 heavy (non-hydrogen) atoms. The lowest BCUT2D eigenvalue weighted by Gasteiger charge is -2.35. The van der Waals surface area contributed by atoms with E-state index >= 15 is 0 Å². The van der Waals surface area contributed by atoms with E-state index in [1.165, 1.54) is 6.20 Å². The number of sulfone groups is 1. The van der Waals surface area contributed by atoms with E-state index in [1.807, 2.05) is 6.92 Å². The number of hydrogen-bond acceptors (Lipinski definition) is 5. The summed E-state index contributed by atoms with van der Waals surface area (Å²) in [5.41, 5.74) is 1.01. The standard InChI is InChI=1S/C15H21N5O3S/c1-3-19-10-11(8-17-19)15(21)20-7-5-4-6-12(20)14-13(9-16-18-14)24(2,22)23/h8-10,12H,3-7H2,1-2H3,(H,16,18). The molecule has 1 aliphatic heterocycles. The largest absolute Gasteiger partial charge is 0.330 e. The molecule has 3 rings (SSSR count). The second-order valence-corrected chi connectivity index (χ2v) is 8.00. The Morgan fingerprint density at radius 2 is 2.17 bits per heavy atom. The summed E-state index contributed by atoms with van der Waals surface area (Å²) in [6.45, 7) is 3.23. The Labute approximate surface area is 140 Å². The van der Waals surface area contributed by atoms with Gasteiger partial charge in [0.1, 0.15) is 4.90 Å². The van der Waals surface area contributed by atoms with E-state index < -0.39 is 9.84 Å². The highest BCUT2D eigenvalue weighted by molar-refractivity contribution is 7.90. The lowest BCUT2D eigenvalue weighted by Crippen LogP contribution is -2.39. The molecule has 1 aliphatic rings. The monoisotopic (exact) mass is 351 g/mol. The minimum absolute atomic E-state index is 0.131. The van der Waals surface area contributed by atoms with Crippen LogP contribution >= 0.6 is 0 Å². The van der Waals surface area contributed by atoms with Crippen molar-refractivity contribution in [3.8, 4) is 0 Å². The summed E-state index contributed by atoms with van der Waals surface area (Å²) in [6, 6.07) is -0.316. The number of carbonyl (C=O) groups is 1. The number of aryl methyl sites for hydroxylation is 1. The van der Waals surface area contributed by atoms with Gasteiger partial charge in [-0.05, 0) is 26.2 Å². The van der Waals surface area contributed by atoms with E-state index in [0.29, 0.717) is 30.8 Å². The Kier molecular flexibility index (Phi) is 4.44. The second kappa shape index (κ2) is 6.39. The van der Waals surface area contributed by atoms with Crippen LogP contribution in [0.2, 0.25) is 0 Å². The van der Waals surface area contributed by atoms with E-state index in [9.17, 15) is 13.2 Å². The molecule has 1 amide bonds. The minimum Gasteiger partial charge on any atom is -0.330 e. The summed E-state index contributed by atoms with van der Waals surface area (Å²) in [6.07, 6.45) is 8.29. The predicted octanol–water partition coefficient (Wildman–Crippen LogP) is 1.40. The maximum atomic E-state index is 12.9. The molecule has 2 aromatic heterocycles. The van der Waals surface area contributed by atoms with Crippen molar-refractivity contribution in [2.75, 3.05) is 12.8 Å². The third kappa shape index (κ3) is 3.08. The average molecular weight is 351 g/mol. The number of likely N-dealkylation sites (tertiary alicyclic amines) is 1. The maximum Gasteiger partial charge on any atom is 0.257 e. The third-order valence-electron chi connectivity index (χ3n) is 4.33. The molecule has 1 saturated heterocycles. The van der Waals surface area contributed by atoms with E-state index in [2.05, 4.69) is 15.3 Å². The molecule has 1 N–H and O–H groups in total. The molecule has 0 saturated carbocycles. The first-order valence-electron chi connectivity index (χ1n) is 7.98. The van der Waals surface area contributed by atoms with Crippen LogP contribution in [0, 0.1) is 0 Å². The van der Waals surface area contributed by atoms with Gasteiger partial charge in [0.05, 0.1) is 29.7 Å². The molecule has 1 fully saturated rings. The zero-order valence-corrected chi connectivity index (χ0v) is 14.6. The molecule has 1 atom stereocenters. The molecule has 0 radical (unpaired) electrons. The number of aromatic nitrogens is 4. The van der Waals surface area contributed by atoms with Gasteiger partial charge in [0.15, 0.2) is 9.84 Å². The van der Waals surface area contributed by atoms with Crippen LogP contribution < -0.4 is 0 Å². The van der Waals surface area contributed by atoms with Crippen LogP contribution in [0.3, 0.4) is 0 Å². The Morgan fingerprint density at radius 1 is 1.38 bits per heavy atom. The van der Waals surface area contributed by atoms with Crippen molar-refractivity contribution in [2.24, 2.45) is 0 Å². The lowest BCUT2D eigenvalue weighted by atomic mass is 9.98. The number of piperidine rings is 1. The quantitative estimate of drug-likeness (QED) is 0.897. The van der Waals surface area contributed by atoms with Gasteiger partial charge in [0.2, 0.25) is 0 Å². The van der Waals surface area contributed by atoms with Crippen LogP contribution in [0.15, 0.2) is 23.5 Å². The average Bonchev–Trinajstić information content (AvgIpc) is 3.22. The fraction of sp³-hybridized carbons (Fsp3) is 0.533. The molecule has 9 heteroatoms. The number of aromatic amines is 1. The van der Waals surface area contributed by atoms with Crippen LogP contribution in [0.25, 0.3) is 0 Å². The summed E-state index contributed by atoms with van der Waals surface area (Å²) in [5, 5.41) is 10.8. The summed E-state index contributed by atoms with van der Waals surface area (Å²) in [4.78, 5) is 14.8. The van der Waals surface area contributed by atoms with Crippen LogP contribution in [0.5, 0.6) is 0 Å². The van der Waals surface area contributed by atoms with E-state index in [4.69, 9.17) is 0 Å². The molecule has 0 bridgehead atoms. The highest BCUT2D eigenvalue weighted by Gasteiger charge is 2.33. The highest BCUT2D eigenvalue weighted by Crippen LogP contribution is 2.34. The predicted molar refractivity (Wildman–Crippen MR) is 87.2 cm³/mol. The Morgan fingerprint density at radius 3 is 2.83 bits per heavy atom. The summed E-state index contributed by atoms with van der Waals surface area (Å²) in [5.74, 6) is -0.131. The normalized spacial score (nSPS) is 18.8. The minimum atomic E-state index is -3.40. The van der Waals surface area contributed by atoms with Crippen molar-refractivity contribution in [2.45, 2.75) is 43.7 Å². The van der Waals surface area contributed by atoms with E-state index in [0.717, 1.165) is 19.1 Å². The first-order valence-corrected chi connectivity index (χ1v) is 9.87. The molecule has 2 aromatic rings. The molecule has 0 aliphatic carbocycles. The number of amides is 1. The van der Waals surface area contributed by atoms with E-state index in [1.54, 1.807) is 22.0 Å². The smallest absolute Gasteiger partial charge is 0.257 e. The second-order valence-electron chi connectivity index (χ2n) is 6.01. The first-order chi connectivity index (χ1) is 11.4. The van der Waals surface area contributed by atoms with Crippen molar-refractivity contribution in [1.82, 2.24) is 24.9 Å². The van der Waals surface area contributed by atoms with Gasteiger partial charge in [0.25, 0.3) is 5.91 Å². The molecule has 3 heterocycles. The van der Waals surface area contributed by atoms with Gasteiger partial charge in [0, 0.05) is 25.5 Å². The zero-order valence-electron chi connectivity index (χ0n) is 13.8. The number of nitrogens with zero attached hydrogens (tertiary/aromatic N) is 4. The highest BCUT2D eigenvalue weighted by atomic mass is 32.2. The number of rotatable bonds is 4. The van der Waals surface area contributed by atoms with E-state index in [-0.39, 0.29) is 16.8 Å². The number of carbonyl (C=O) groups excluding carboxylic acids is 1. The van der Waals surface area contributed by atoms with Gasteiger partial charge >= 0.3 is 0 Å². The molecular formula is C15H21N5O3S. The molecule has 0 aromatic carbocycles. The SMILES string of the molecule is CCn1cc(C(=O)N2CCCCC2c2[nH]ncc2S(C)(=O)=O)cn1. The fourth-order valence-corrected chi connectivity index (χ4v) is 3.93. The van der Waals surface area contributed by atoms with Crippen LogP contribution in [0.1, 0.15) is 48.3 Å².